The van der Waals surface area contributed by atoms with Gasteiger partial charge in [-0.3, -0.25) is 0 Å². The Morgan fingerprint density at radius 2 is 2.10 bits per heavy atom. The maximum Gasteiger partial charge on any atom is 0.335 e. The number of hydrogen-bond acceptors (Lipinski definition) is 4. The van der Waals surface area contributed by atoms with E-state index in [1.165, 1.54) is 16.4 Å². The summed E-state index contributed by atoms with van der Waals surface area (Å²) in [5, 5.41) is 8.92. The molecule has 0 radical (unpaired) electrons. The molecular formula is C13H17NO5S. The van der Waals surface area contributed by atoms with Crippen LogP contribution in [-0.4, -0.2) is 50.1 Å². The van der Waals surface area contributed by atoms with Crippen molar-refractivity contribution in [1.82, 2.24) is 4.31 Å². The third kappa shape index (κ3) is 3.78. The molecule has 1 fully saturated rings. The van der Waals surface area contributed by atoms with E-state index in [2.05, 4.69) is 0 Å². The SMILES string of the molecule is O=C(O)c1cccc(CS(=O)(=O)N2CCCOCC2)c1. The molecule has 0 amide bonds. The second-order valence-electron chi connectivity index (χ2n) is 4.63. The number of carboxylic acids is 1. The lowest BCUT2D eigenvalue weighted by molar-refractivity contribution is 0.0696. The summed E-state index contributed by atoms with van der Waals surface area (Å²) < 4.78 is 31.3. The molecule has 1 aromatic carbocycles. The highest BCUT2D eigenvalue weighted by Crippen LogP contribution is 2.14. The lowest BCUT2D eigenvalue weighted by Gasteiger charge is -2.19. The highest BCUT2D eigenvalue weighted by Gasteiger charge is 2.23. The number of nitrogens with zero attached hydrogens (tertiary/aromatic N) is 1. The maximum absolute atomic E-state index is 12.3. The maximum atomic E-state index is 12.3. The van der Waals surface area contributed by atoms with Gasteiger partial charge in [0.2, 0.25) is 10.0 Å². The van der Waals surface area contributed by atoms with E-state index in [1.54, 1.807) is 12.1 Å². The van der Waals surface area contributed by atoms with Crippen molar-refractivity contribution in [3.8, 4) is 0 Å². The van der Waals surface area contributed by atoms with Gasteiger partial charge < -0.3 is 9.84 Å². The molecule has 110 valence electrons. The van der Waals surface area contributed by atoms with Crippen LogP contribution in [0.4, 0.5) is 0 Å². The molecule has 1 aliphatic heterocycles. The van der Waals surface area contributed by atoms with Crippen molar-refractivity contribution in [3.05, 3.63) is 35.4 Å². The fraction of sp³-hybridized carbons (Fsp3) is 0.462. The smallest absolute Gasteiger partial charge is 0.335 e. The number of ether oxygens (including phenoxy) is 1. The normalized spacial score (nSPS) is 17.6. The van der Waals surface area contributed by atoms with Gasteiger partial charge in [0, 0.05) is 19.7 Å². The van der Waals surface area contributed by atoms with Crippen molar-refractivity contribution in [2.75, 3.05) is 26.3 Å². The van der Waals surface area contributed by atoms with Gasteiger partial charge >= 0.3 is 5.97 Å². The second-order valence-corrected chi connectivity index (χ2v) is 6.60. The van der Waals surface area contributed by atoms with Gasteiger partial charge in [0.05, 0.1) is 17.9 Å². The summed E-state index contributed by atoms with van der Waals surface area (Å²) in [6.45, 7) is 1.76. The third-order valence-corrected chi connectivity index (χ3v) is 4.95. The summed E-state index contributed by atoms with van der Waals surface area (Å²) in [5.74, 6) is -1.25. The molecule has 1 heterocycles. The van der Waals surface area contributed by atoms with E-state index in [-0.39, 0.29) is 11.3 Å². The van der Waals surface area contributed by atoms with Gasteiger partial charge in [-0.05, 0) is 24.1 Å². The predicted octanol–water partition coefficient (Wildman–Crippen LogP) is 0.937. The van der Waals surface area contributed by atoms with Crippen LogP contribution in [-0.2, 0) is 20.5 Å². The Morgan fingerprint density at radius 1 is 1.30 bits per heavy atom. The molecule has 0 bridgehead atoms. The first-order valence-corrected chi connectivity index (χ1v) is 7.98. The van der Waals surface area contributed by atoms with Crippen LogP contribution in [0.25, 0.3) is 0 Å². The second kappa shape index (κ2) is 6.34. The van der Waals surface area contributed by atoms with Crippen LogP contribution in [0.15, 0.2) is 24.3 Å². The van der Waals surface area contributed by atoms with E-state index >= 15 is 0 Å². The first-order chi connectivity index (χ1) is 9.49. The summed E-state index contributed by atoms with van der Waals surface area (Å²) in [5.41, 5.74) is 0.576. The fourth-order valence-corrected chi connectivity index (χ4v) is 3.64. The quantitative estimate of drug-likeness (QED) is 0.894. The Labute approximate surface area is 118 Å². The Morgan fingerprint density at radius 3 is 2.85 bits per heavy atom. The number of hydrogen-bond donors (Lipinski definition) is 1. The van der Waals surface area contributed by atoms with Crippen molar-refractivity contribution in [3.63, 3.8) is 0 Å². The molecule has 7 heteroatoms. The first kappa shape index (κ1) is 15.0. The Balaban J connectivity index is 2.14. The first-order valence-electron chi connectivity index (χ1n) is 6.37. The highest BCUT2D eigenvalue weighted by atomic mass is 32.2. The molecule has 0 aromatic heterocycles. The standard InChI is InChI=1S/C13H17NO5S/c15-13(16)12-4-1-3-11(9-12)10-20(17,18)14-5-2-7-19-8-6-14/h1,3-4,9H,2,5-8,10H2,(H,15,16). The van der Waals surface area contributed by atoms with Crippen molar-refractivity contribution in [2.45, 2.75) is 12.2 Å². The fourth-order valence-electron chi connectivity index (χ4n) is 2.10. The van der Waals surface area contributed by atoms with E-state index in [0.29, 0.717) is 38.3 Å². The number of carboxylic acid groups (broad SMARTS) is 1. The molecule has 1 saturated heterocycles. The molecule has 0 unspecified atom stereocenters. The summed E-state index contributed by atoms with van der Waals surface area (Å²) in [6, 6.07) is 6.02. The molecule has 1 N–H and O–H groups in total. The molecule has 2 rings (SSSR count). The monoisotopic (exact) mass is 299 g/mol. The highest BCUT2D eigenvalue weighted by molar-refractivity contribution is 7.88. The van der Waals surface area contributed by atoms with Crippen LogP contribution in [0.5, 0.6) is 0 Å². The minimum Gasteiger partial charge on any atom is -0.478 e. The Kier molecular flexibility index (Phi) is 4.74. The molecule has 1 aliphatic rings. The third-order valence-electron chi connectivity index (χ3n) is 3.10. The molecule has 6 nitrogen and oxygen atoms in total. The summed E-state index contributed by atoms with van der Waals surface area (Å²) in [4.78, 5) is 10.9. The van der Waals surface area contributed by atoms with Crippen molar-refractivity contribution in [1.29, 1.82) is 0 Å². The van der Waals surface area contributed by atoms with Gasteiger partial charge in [-0.15, -0.1) is 0 Å². The summed E-state index contributed by atoms with van der Waals surface area (Å²) in [7, 11) is -3.44. The van der Waals surface area contributed by atoms with Crippen LogP contribution in [0.1, 0.15) is 22.3 Å². The number of aromatic carboxylic acids is 1. The predicted molar refractivity (Wildman–Crippen MR) is 73.0 cm³/mol. The average molecular weight is 299 g/mol. The molecule has 0 atom stereocenters. The number of rotatable bonds is 4. The molecule has 0 saturated carbocycles. The van der Waals surface area contributed by atoms with Gasteiger partial charge in [0.1, 0.15) is 0 Å². The van der Waals surface area contributed by atoms with Gasteiger partial charge in [0.15, 0.2) is 0 Å². The lowest BCUT2D eigenvalue weighted by Crippen LogP contribution is -2.34. The van der Waals surface area contributed by atoms with Gasteiger partial charge in [-0.1, -0.05) is 12.1 Å². The van der Waals surface area contributed by atoms with Crippen molar-refractivity contribution >= 4 is 16.0 Å². The number of sulfonamides is 1. The molecule has 1 aromatic rings. The zero-order chi connectivity index (χ0) is 14.6. The van der Waals surface area contributed by atoms with E-state index < -0.39 is 16.0 Å². The van der Waals surface area contributed by atoms with Crippen LogP contribution < -0.4 is 0 Å². The van der Waals surface area contributed by atoms with Crippen LogP contribution in [0.2, 0.25) is 0 Å². The topological polar surface area (TPSA) is 83.9 Å². The molecule has 0 aliphatic carbocycles. The van der Waals surface area contributed by atoms with Crippen LogP contribution in [0, 0.1) is 0 Å². The number of benzene rings is 1. The molecular weight excluding hydrogens is 282 g/mol. The van der Waals surface area contributed by atoms with Crippen molar-refractivity contribution in [2.24, 2.45) is 0 Å². The minimum atomic E-state index is -3.44. The van der Waals surface area contributed by atoms with Gasteiger partial charge in [-0.2, -0.15) is 4.31 Å². The van der Waals surface area contributed by atoms with Crippen LogP contribution >= 0.6 is 0 Å². The zero-order valence-corrected chi connectivity index (χ0v) is 11.8. The Hall–Kier alpha value is -1.44. The number of carbonyl (C=O) groups is 1. The average Bonchev–Trinajstić information content (AvgIpc) is 2.67. The summed E-state index contributed by atoms with van der Waals surface area (Å²) in [6.07, 6.45) is 0.675. The van der Waals surface area contributed by atoms with Gasteiger partial charge in [-0.25, -0.2) is 13.2 Å². The van der Waals surface area contributed by atoms with E-state index in [9.17, 15) is 13.2 Å². The largest absolute Gasteiger partial charge is 0.478 e. The van der Waals surface area contributed by atoms with Gasteiger partial charge in [0.25, 0.3) is 0 Å². The summed E-state index contributed by atoms with van der Waals surface area (Å²) >= 11 is 0. The van der Waals surface area contributed by atoms with Crippen molar-refractivity contribution < 1.29 is 23.1 Å². The zero-order valence-electron chi connectivity index (χ0n) is 11.0. The lowest BCUT2D eigenvalue weighted by atomic mass is 10.1. The minimum absolute atomic E-state index is 0.0944. The van der Waals surface area contributed by atoms with E-state index in [4.69, 9.17) is 9.84 Å². The molecule has 20 heavy (non-hydrogen) atoms. The Bertz CT molecular complexity index is 576. The van der Waals surface area contributed by atoms with E-state index in [0.717, 1.165) is 0 Å². The van der Waals surface area contributed by atoms with E-state index in [1.807, 2.05) is 0 Å². The van der Waals surface area contributed by atoms with Crippen LogP contribution in [0.3, 0.4) is 0 Å². The molecule has 0 spiro atoms.